The van der Waals surface area contributed by atoms with E-state index in [1.54, 1.807) is 0 Å². The van der Waals surface area contributed by atoms with E-state index in [1.807, 2.05) is 18.2 Å². The predicted octanol–water partition coefficient (Wildman–Crippen LogP) is 4.67. The summed E-state index contributed by atoms with van der Waals surface area (Å²) in [7, 11) is 0. The maximum Gasteiger partial charge on any atom is 0.170 e. The molecule has 0 radical (unpaired) electrons. The van der Waals surface area contributed by atoms with Gasteiger partial charge in [0, 0.05) is 5.56 Å². The summed E-state index contributed by atoms with van der Waals surface area (Å²) in [6, 6.07) is 20.7. The molecular formula is C20H16O. The van der Waals surface area contributed by atoms with Gasteiger partial charge in [0.25, 0.3) is 0 Å². The Morgan fingerprint density at radius 3 is 2.67 bits per heavy atom. The predicted molar refractivity (Wildman–Crippen MR) is 85.9 cm³/mol. The van der Waals surface area contributed by atoms with Crippen molar-refractivity contribution in [3.8, 4) is 0 Å². The van der Waals surface area contributed by atoms with Crippen LogP contribution in [0.1, 0.15) is 33.0 Å². The van der Waals surface area contributed by atoms with Crippen molar-refractivity contribution in [2.24, 2.45) is 0 Å². The molecule has 1 aliphatic carbocycles. The fraction of sp³-hybridized carbons (Fsp3) is 0.150. The normalized spacial score (nSPS) is 17.2. The Bertz CT molecular complexity index is 861. The van der Waals surface area contributed by atoms with E-state index in [9.17, 15) is 4.79 Å². The topological polar surface area (TPSA) is 17.1 Å². The Labute approximate surface area is 124 Å². The SMILES string of the molecule is Cc1ccc2c(C3Cc4ccccc4C3=O)cccc2c1. The van der Waals surface area contributed by atoms with Crippen molar-refractivity contribution in [1.82, 2.24) is 0 Å². The number of Topliss-reactive ketones (excluding diaryl/α,β-unsaturated/α-hetero) is 1. The van der Waals surface area contributed by atoms with E-state index < -0.39 is 0 Å². The number of fused-ring (bicyclic) bond motifs is 2. The Morgan fingerprint density at radius 1 is 0.952 bits per heavy atom. The van der Waals surface area contributed by atoms with Gasteiger partial charge >= 0.3 is 0 Å². The van der Waals surface area contributed by atoms with Crippen LogP contribution >= 0.6 is 0 Å². The first kappa shape index (κ1) is 12.3. The Morgan fingerprint density at radius 2 is 1.81 bits per heavy atom. The lowest BCUT2D eigenvalue weighted by molar-refractivity contribution is 0.0973. The molecule has 0 aliphatic heterocycles. The molecule has 3 aromatic carbocycles. The van der Waals surface area contributed by atoms with Crippen LogP contribution in [0.5, 0.6) is 0 Å². The number of aryl methyl sites for hydroxylation is 1. The molecule has 102 valence electrons. The van der Waals surface area contributed by atoms with Crippen molar-refractivity contribution in [3.63, 3.8) is 0 Å². The van der Waals surface area contributed by atoms with Crippen LogP contribution in [-0.2, 0) is 6.42 Å². The minimum absolute atomic E-state index is 0.0335. The highest BCUT2D eigenvalue weighted by Gasteiger charge is 2.32. The lowest BCUT2D eigenvalue weighted by Crippen LogP contribution is -2.07. The van der Waals surface area contributed by atoms with E-state index in [-0.39, 0.29) is 11.7 Å². The number of hydrogen-bond donors (Lipinski definition) is 0. The molecule has 1 aliphatic rings. The average molecular weight is 272 g/mol. The second-order valence-corrected chi connectivity index (χ2v) is 5.85. The third-order valence-electron chi connectivity index (χ3n) is 4.47. The summed E-state index contributed by atoms with van der Waals surface area (Å²) < 4.78 is 0. The summed E-state index contributed by atoms with van der Waals surface area (Å²) >= 11 is 0. The summed E-state index contributed by atoms with van der Waals surface area (Å²) in [5, 5.41) is 2.42. The molecule has 0 bridgehead atoms. The van der Waals surface area contributed by atoms with Gasteiger partial charge in [0.05, 0.1) is 5.92 Å². The molecule has 0 aromatic heterocycles. The summed E-state index contributed by atoms with van der Waals surface area (Å²) in [5.74, 6) is 0.229. The van der Waals surface area contributed by atoms with Crippen LogP contribution in [0.4, 0.5) is 0 Å². The largest absolute Gasteiger partial charge is 0.293 e. The highest BCUT2D eigenvalue weighted by atomic mass is 16.1. The zero-order chi connectivity index (χ0) is 14.4. The first-order chi connectivity index (χ1) is 10.2. The van der Waals surface area contributed by atoms with Gasteiger partial charge in [0.15, 0.2) is 5.78 Å². The van der Waals surface area contributed by atoms with Crippen LogP contribution < -0.4 is 0 Å². The zero-order valence-corrected chi connectivity index (χ0v) is 12.0. The minimum Gasteiger partial charge on any atom is -0.293 e. The minimum atomic E-state index is -0.0335. The average Bonchev–Trinajstić information content (AvgIpc) is 2.84. The van der Waals surface area contributed by atoms with Gasteiger partial charge in [-0.3, -0.25) is 4.79 Å². The molecule has 0 N–H and O–H groups in total. The standard InChI is InChI=1S/C20H16O/c1-13-9-10-16-14(11-13)6-4-8-18(16)19-12-15-5-2-3-7-17(15)20(19)21/h2-11,19H,12H2,1H3. The number of hydrogen-bond acceptors (Lipinski definition) is 1. The maximum absolute atomic E-state index is 12.7. The van der Waals surface area contributed by atoms with Crippen molar-refractivity contribution >= 4 is 16.6 Å². The van der Waals surface area contributed by atoms with E-state index in [1.165, 1.54) is 21.9 Å². The fourth-order valence-corrected chi connectivity index (χ4v) is 3.42. The smallest absolute Gasteiger partial charge is 0.170 e. The van der Waals surface area contributed by atoms with Crippen molar-refractivity contribution < 1.29 is 4.79 Å². The van der Waals surface area contributed by atoms with Crippen LogP contribution in [0.15, 0.2) is 60.7 Å². The van der Waals surface area contributed by atoms with Gasteiger partial charge in [-0.05, 0) is 35.2 Å². The second-order valence-electron chi connectivity index (χ2n) is 5.85. The number of ketones is 1. The molecule has 1 nitrogen and oxygen atoms in total. The van der Waals surface area contributed by atoms with Gasteiger partial charge in [0.1, 0.15) is 0 Å². The van der Waals surface area contributed by atoms with Crippen molar-refractivity contribution in [2.75, 3.05) is 0 Å². The molecule has 1 unspecified atom stereocenters. The lowest BCUT2D eigenvalue weighted by atomic mass is 9.90. The first-order valence-corrected chi connectivity index (χ1v) is 7.35. The highest BCUT2D eigenvalue weighted by Crippen LogP contribution is 2.37. The third-order valence-corrected chi connectivity index (χ3v) is 4.47. The number of rotatable bonds is 1. The van der Waals surface area contributed by atoms with Gasteiger partial charge in [-0.25, -0.2) is 0 Å². The van der Waals surface area contributed by atoms with Crippen LogP contribution in [0.2, 0.25) is 0 Å². The molecule has 0 fully saturated rings. The van der Waals surface area contributed by atoms with E-state index in [2.05, 4.69) is 49.4 Å². The molecule has 21 heavy (non-hydrogen) atoms. The van der Waals surface area contributed by atoms with Gasteiger partial charge in [-0.2, -0.15) is 0 Å². The Hall–Kier alpha value is -2.41. The van der Waals surface area contributed by atoms with E-state index in [0.717, 1.165) is 17.5 Å². The molecule has 0 heterocycles. The Kier molecular flexibility index (Phi) is 2.68. The molecule has 0 spiro atoms. The van der Waals surface area contributed by atoms with Crippen LogP contribution in [0.25, 0.3) is 10.8 Å². The van der Waals surface area contributed by atoms with Crippen LogP contribution in [0.3, 0.4) is 0 Å². The summed E-state index contributed by atoms with van der Waals surface area (Å²) in [5.41, 5.74) is 4.48. The fourth-order valence-electron chi connectivity index (χ4n) is 3.42. The molecule has 0 amide bonds. The summed E-state index contributed by atoms with van der Waals surface area (Å²) in [6.45, 7) is 2.10. The van der Waals surface area contributed by atoms with Crippen LogP contribution in [-0.4, -0.2) is 5.78 Å². The number of benzene rings is 3. The lowest BCUT2D eigenvalue weighted by Gasteiger charge is -2.12. The molecular weight excluding hydrogens is 256 g/mol. The molecule has 4 rings (SSSR count). The molecule has 1 heteroatoms. The monoisotopic (exact) mass is 272 g/mol. The van der Waals surface area contributed by atoms with Gasteiger partial charge in [-0.1, -0.05) is 66.2 Å². The number of carbonyl (C=O) groups is 1. The van der Waals surface area contributed by atoms with E-state index in [4.69, 9.17) is 0 Å². The van der Waals surface area contributed by atoms with Crippen LogP contribution in [0, 0.1) is 6.92 Å². The molecule has 1 atom stereocenters. The number of carbonyl (C=O) groups excluding carboxylic acids is 1. The zero-order valence-electron chi connectivity index (χ0n) is 12.0. The second kappa shape index (κ2) is 4.56. The van der Waals surface area contributed by atoms with Crippen molar-refractivity contribution in [2.45, 2.75) is 19.3 Å². The molecule has 0 saturated carbocycles. The highest BCUT2D eigenvalue weighted by molar-refractivity contribution is 6.07. The van der Waals surface area contributed by atoms with Gasteiger partial charge in [0.2, 0.25) is 0 Å². The third kappa shape index (κ3) is 1.89. The van der Waals surface area contributed by atoms with Gasteiger partial charge < -0.3 is 0 Å². The Balaban J connectivity index is 1.88. The van der Waals surface area contributed by atoms with E-state index >= 15 is 0 Å². The maximum atomic E-state index is 12.7. The molecule has 0 saturated heterocycles. The van der Waals surface area contributed by atoms with Crippen molar-refractivity contribution in [1.29, 1.82) is 0 Å². The van der Waals surface area contributed by atoms with Crippen molar-refractivity contribution in [3.05, 3.63) is 82.9 Å². The van der Waals surface area contributed by atoms with E-state index in [0.29, 0.717) is 0 Å². The first-order valence-electron chi connectivity index (χ1n) is 7.35. The molecule has 3 aromatic rings. The summed E-state index contributed by atoms with van der Waals surface area (Å²) in [6.07, 6.45) is 0.821. The van der Waals surface area contributed by atoms with Gasteiger partial charge in [-0.15, -0.1) is 0 Å². The quantitative estimate of drug-likeness (QED) is 0.629. The summed E-state index contributed by atoms with van der Waals surface area (Å²) in [4.78, 5) is 12.7.